The summed E-state index contributed by atoms with van der Waals surface area (Å²) < 4.78 is 5.06. The fourth-order valence-electron chi connectivity index (χ4n) is 3.07. The number of amides is 1. The van der Waals surface area contributed by atoms with Crippen molar-refractivity contribution in [2.24, 2.45) is 10.9 Å². The summed E-state index contributed by atoms with van der Waals surface area (Å²) in [5.41, 5.74) is 0. The van der Waals surface area contributed by atoms with E-state index in [1.54, 1.807) is 4.90 Å². The maximum Gasteiger partial charge on any atom is 0.409 e. The second kappa shape index (κ2) is 15.3. The molecule has 0 aromatic rings. The molecule has 1 rings (SSSR count). The van der Waals surface area contributed by atoms with Crippen LogP contribution in [0.1, 0.15) is 52.9 Å². The van der Waals surface area contributed by atoms with Gasteiger partial charge in [0.15, 0.2) is 5.96 Å². The second-order valence-electron chi connectivity index (χ2n) is 6.49. The summed E-state index contributed by atoms with van der Waals surface area (Å²) in [7, 11) is 0. The first-order valence-corrected chi connectivity index (χ1v) is 9.71. The Kier molecular flexibility index (Phi) is 14.9. The number of rotatable bonds is 9. The summed E-state index contributed by atoms with van der Waals surface area (Å²) in [4.78, 5) is 18.2. The zero-order valence-corrected chi connectivity index (χ0v) is 18.8. The van der Waals surface area contributed by atoms with Gasteiger partial charge in [-0.25, -0.2) is 4.79 Å². The van der Waals surface area contributed by atoms with Gasteiger partial charge in [0, 0.05) is 38.8 Å². The molecular weight excluding hydrogens is 447 g/mol. The van der Waals surface area contributed by atoms with Gasteiger partial charge in [-0.3, -0.25) is 4.99 Å². The largest absolute Gasteiger partial charge is 0.450 e. The van der Waals surface area contributed by atoms with E-state index < -0.39 is 0 Å². The molecule has 1 unspecified atom stereocenters. The number of hydrogen-bond donors (Lipinski definition) is 3. The van der Waals surface area contributed by atoms with Gasteiger partial charge in [0.2, 0.25) is 0 Å². The summed E-state index contributed by atoms with van der Waals surface area (Å²) in [5.74, 6) is 1.26. The smallest absolute Gasteiger partial charge is 0.409 e. The van der Waals surface area contributed by atoms with Crippen LogP contribution in [0.5, 0.6) is 0 Å². The van der Waals surface area contributed by atoms with Crippen molar-refractivity contribution in [3.05, 3.63) is 0 Å². The third-order valence-corrected chi connectivity index (χ3v) is 4.45. The topological polar surface area (TPSA) is 86.2 Å². The van der Waals surface area contributed by atoms with Gasteiger partial charge < -0.3 is 25.4 Å². The van der Waals surface area contributed by atoms with Crippen molar-refractivity contribution >= 4 is 36.0 Å². The van der Waals surface area contributed by atoms with Crippen LogP contribution in [-0.2, 0) is 4.74 Å². The Labute approximate surface area is 175 Å². The Morgan fingerprint density at radius 3 is 2.50 bits per heavy atom. The molecule has 3 N–H and O–H groups in total. The molecule has 0 saturated carbocycles. The highest BCUT2D eigenvalue weighted by atomic mass is 127. The zero-order chi connectivity index (χ0) is 18.5. The molecule has 0 radical (unpaired) electrons. The Hall–Kier alpha value is -0.770. The highest BCUT2D eigenvalue weighted by molar-refractivity contribution is 14.0. The maximum atomic E-state index is 11.8. The number of halogens is 1. The van der Waals surface area contributed by atoms with Crippen molar-refractivity contribution in [2.75, 3.05) is 39.4 Å². The number of carbonyl (C=O) groups is 1. The van der Waals surface area contributed by atoms with Gasteiger partial charge in [-0.1, -0.05) is 13.3 Å². The van der Waals surface area contributed by atoms with Crippen molar-refractivity contribution in [1.82, 2.24) is 15.5 Å². The summed E-state index contributed by atoms with van der Waals surface area (Å²) >= 11 is 0. The normalized spacial score (nSPS) is 16.6. The molecule has 8 heteroatoms. The van der Waals surface area contributed by atoms with Crippen LogP contribution in [-0.4, -0.2) is 67.5 Å². The van der Waals surface area contributed by atoms with Crippen molar-refractivity contribution in [2.45, 2.75) is 58.9 Å². The standard InChI is InChI=1S/C18H36N4O3.HI/c1-4-7-15(10-13-23)14-20-17(19-5-2)21-16-8-11-22(12-9-16)18(24)25-6-3;/h15-16,23H,4-14H2,1-3H3,(H2,19,20,21);1H. The fourth-order valence-corrected chi connectivity index (χ4v) is 3.07. The predicted octanol–water partition coefficient (Wildman–Crippen LogP) is 2.58. The van der Waals surface area contributed by atoms with E-state index in [1.807, 2.05) is 6.92 Å². The number of piperidine rings is 1. The van der Waals surface area contributed by atoms with Crippen LogP contribution in [0.15, 0.2) is 4.99 Å². The zero-order valence-electron chi connectivity index (χ0n) is 16.5. The number of hydrogen-bond acceptors (Lipinski definition) is 4. The molecule has 1 saturated heterocycles. The van der Waals surface area contributed by atoms with Gasteiger partial charge in [-0.15, -0.1) is 24.0 Å². The predicted molar refractivity (Wildman–Crippen MR) is 116 cm³/mol. The van der Waals surface area contributed by atoms with Crippen molar-refractivity contribution in [3.8, 4) is 0 Å². The molecule has 1 atom stereocenters. The summed E-state index contributed by atoms with van der Waals surface area (Å²) in [6.07, 6.45) is 4.55. The Morgan fingerprint density at radius 1 is 1.27 bits per heavy atom. The Balaban J connectivity index is 0.00000625. The molecule has 1 amide bonds. The van der Waals surface area contributed by atoms with Gasteiger partial charge in [-0.2, -0.15) is 0 Å². The lowest BCUT2D eigenvalue weighted by molar-refractivity contribution is 0.0963. The SMILES string of the molecule is CCCC(CCO)CN=C(NCC)NC1CCN(C(=O)OCC)CC1.I. The fraction of sp³-hybridized carbons (Fsp3) is 0.889. The van der Waals surface area contributed by atoms with Crippen LogP contribution in [0, 0.1) is 5.92 Å². The molecule has 0 spiro atoms. The van der Waals surface area contributed by atoms with Crippen molar-refractivity contribution < 1.29 is 14.6 Å². The summed E-state index contributed by atoms with van der Waals surface area (Å²) in [6.45, 7) is 9.63. The van der Waals surface area contributed by atoms with Gasteiger partial charge in [0.1, 0.15) is 0 Å². The molecule has 26 heavy (non-hydrogen) atoms. The molecule has 0 aromatic carbocycles. The first kappa shape index (κ1) is 25.2. The first-order valence-electron chi connectivity index (χ1n) is 9.71. The van der Waals surface area contributed by atoms with E-state index in [2.05, 4.69) is 24.5 Å². The van der Waals surface area contributed by atoms with Crippen LogP contribution >= 0.6 is 24.0 Å². The van der Waals surface area contributed by atoms with Crippen LogP contribution in [0.25, 0.3) is 0 Å². The molecule has 1 aliphatic rings. The number of nitrogens with one attached hydrogen (secondary N) is 2. The Morgan fingerprint density at radius 2 is 1.96 bits per heavy atom. The lowest BCUT2D eigenvalue weighted by Crippen LogP contribution is -2.50. The number of aliphatic hydroxyl groups excluding tert-OH is 1. The van der Waals surface area contributed by atoms with Crippen LogP contribution in [0.3, 0.4) is 0 Å². The van der Waals surface area contributed by atoms with E-state index in [4.69, 9.17) is 9.73 Å². The number of likely N-dealkylation sites (tertiary alicyclic amines) is 1. The summed E-state index contributed by atoms with van der Waals surface area (Å²) in [5, 5.41) is 16.0. The molecular formula is C18H37IN4O3. The monoisotopic (exact) mass is 484 g/mol. The van der Waals surface area contributed by atoms with Gasteiger partial charge in [-0.05, 0) is 45.4 Å². The number of guanidine groups is 1. The quantitative estimate of drug-likeness (QED) is 0.266. The molecule has 1 aliphatic heterocycles. The van der Waals surface area contributed by atoms with Crippen molar-refractivity contribution in [3.63, 3.8) is 0 Å². The minimum absolute atomic E-state index is 0. The average molecular weight is 484 g/mol. The van der Waals surface area contributed by atoms with E-state index in [0.717, 1.165) is 51.2 Å². The van der Waals surface area contributed by atoms with Gasteiger partial charge in [0.05, 0.1) is 6.61 Å². The molecule has 0 bridgehead atoms. The van der Waals surface area contributed by atoms with E-state index in [0.29, 0.717) is 31.7 Å². The van der Waals surface area contributed by atoms with E-state index >= 15 is 0 Å². The number of carbonyl (C=O) groups excluding carboxylic acids is 1. The van der Waals surface area contributed by atoms with E-state index in [-0.39, 0.29) is 36.7 Å². The molecule has 7 nitrogen and oxygen atoms in total. The number of ether oxygens (including phenoxy) is 1. The minimum Gasteiger partial charge on any atom is -0.450 e. The number of aliphatic imine (C=N–C) groups is 1. The number of aliphatic hydroxyl groups is 1. The van der Waals surface area contributed by atoms with E-state index in [9.17, 15) is 9.90 Å². The average Bonchev–Trinajstić information content (AvgIpc) is 2.61. The number of nitrogens with zero attached hydrogens (tertiary/aromatic N) is 2. The Bertz CT molecular complexity index is 396. The molecule has 0 aliphatic carbocycles. The van der Waals surface area contributed by atoms with Gasteiger partial charge >= 0.3 is 6.09 Å². The second-order valence-corrected chi connectivity index (χ2v) is 6.49. The lowest BCUT2D eigenvalue weighted by Gasteiger charge is -2.32. The maximum absolute atomic E-state index is 11.8. The molecule has 1 heterocycles. The molecule has 1 fully saturated rings. The van der Waals surface area contributed by atoms with Crippen LogP contribution in [0.2, 0.25) is 0 Å². The molecule has 154 valence electrons. The van der Waals surface area contributed by atoms with Crippen LogP contribution in [0.4, 0.5) is 4.79 Å². The molecule has 0 aromatic heterocycles. The highest BCUT2D eigenvalue weighted by Gasteiger charge is 2.24. The highest BCUT2D eigenvalue weighted by Crippen LogP contribution is 2.13. The minimum atomic E-state index is -0.215. The van der Waals surface area contributed by atoms with Crippen molar-refractivity contribution in [1.29, 1.82) is 0 Å². The third-order valence-electron chi connectivity index (χ3n) is 4.45. The lowest BCUT2D eigenvalue weighted by atomic mass is 10.0. The summed E-state index contributed by atoms with van der Waals surface area (Å²) in [6, 6.07) is 0.311. The third kappa shape index (κ3) is 9.80. The first-order chi connectivity index (χ1) is 12.1. The van der Waals surface area contributed by atoms with Crippen LogP contribution < -0.4 is 10.6 Å². The van der Waals surface area contributed by atoms with E-state index in [1.165, 1.54) is 0 Å². The van der Waals surface area contributed by atoms with Gasteiger partial charge in [0.25, 0.3) is 0 Å².